The minimum Gasteiger partial charge on any atom is -0.369 e. The summed E-state index contributed by atoms with van der Waals surface area (Å²) in [4.78, 5) is 15.1. The van der Waals surface area contributed by atoms with E-state index in [1.165, 1.54) is 18.2 Å². The van der Waals surface area contributed by atoms with Crippen LogP contribution in [0.4, 0.5) is 13.2 Å². The Labute approximate surface area is 107 Å². The van der Waals surface area contributed by atoms with Gasteiger partial charge in [-0.2, -0.15) is 13.2 Å². The van der Waals surface area contributed by atoms with E-state index in [0.29, 0.717) is 5.69 Å². The molecule has 3 nitrogen and oxygen atoms in total. The van der Waals surface area contributed by atoms with Crippen LogP contribution in [0.1, 0.15) is 16.8 Å². The van der Waals surface area contributed by atoms with Crippen LogP contribution in [0.3, 0.4) is 0 Å². The fourth-order valence-corrected chi connectivity index (χ4v) is 2.08. The lowest BCUT2D eigenvalue weighted by atomic mass is 9.99. The molecule has 19 heavy (non-hydrogen) atoms. The van der Waals surface area contributed by atoms with Gasteiger partial charge in [-0.25, -0.2) is 0 Å². The average molecular weight is 268 g/mol. The Balaban J connectivity index is 2.82. The second-order valence-electron chi connectivity index (χ2n) is 4.26. The van der Waals surface area contributed by atoms with Crippen LogP contribution in [0.15, 0.2) is 24.3 Å². The number of rotatable bonds is 2. The number of nitrogens with two attached hydrogens (primary N) is 1. The number of carbonyl (C=O) groups excluding carboxylic acids is 1. The Morgan fingerprint density at radius 1 is 1.37 bits per heavy atom. The molecule has 0 radical (unpaired) electrons. The Morgan fingerprint density at radius 3 is 2.63 bits per heavy atom. The number of aromatic nitrogens is 1. The lowest BCUT2D eigenvalue weighted by molar-refractivity contribution is -0.136. The number of amides is 1. The molecule has 2 rings (SSSR count). The number of alkyl halides is 3. The molecule has 1 aromatic heterocycles. The summed E-state index contributed by atoms with van der Waals surface area (Å²) in [5.74, 6) is -0.677. The number of halogens is 3. The van der Waals surface area contributed by atoms with E-state index in [-0.39, 0.29) is 22.9 Å². The maximum absolute atomic E-state index is 13.0. The van der Waals surface area contributed by atoms with Gasteiger partial charge in [0.25, 0.3) is 0 Å². The molecule has 0 fully saturated rings. The van der Waals surface area contributed by atoms with Crippen LogP contribution in [0.5, 0.6) is 0 Å². The van der Waals surface area contributed by atoms with Crippen molar-refractivity contribution in [3.63, 3.8) is 0 Å². The third-order valence-electron chi connectivity index (χ3n) is 2.71. The molecule has 100 valence electrons. The van der Waals surface area contributed by atoms with E-state index in [4.69, 9.17) is 5.73 Å². The van der Waals surface area contributed by atoms with Crippen molar-refractivity contribution in [1.82, 2.24) is 4.98 Å². The standard InChI is InChI=1S/C13H11F3N2O/c1-7-5-8(6-11(17)19)12-9(13(14,15)16)3-2-4-10(12)18-7/h2-5H,6H2,1H3,(H2,17,19). The quantitative estimate of drug-likeness (QED) is 0.910. The first kappa shape index (κ1) is 13.3. The zero-order valence-corrected chi connectivity index (χ0v) is 10.1. The predicted molar refractivity (Wildman–Crippen MR) is 64.4 cm³/mol. The van der Waals surface area contributed by atoms with Crippen molar-refractivity contribution in [3.8, 4) is 0 Å². The lowest BCUT2D eigenvalue weighted by Crippen LogP contribution is -2.15. The number of benzene rings is 1. The van der Waals surface area contributed by atoms with E-state index in [1.54, 1.807) is 6.92 Å². The third-order valence-corrected chi connectivity index (χ3v) is 2.71. The summed E-state index contributed by atoms with van der Waals surface area (Å²) < 4.78 is 39.0. The first-order valence-electron chi connectivity index (χ1n) is 5.54. The second kappa shape index (κ2) is 4.53. The van der Waals surface area contributed by atoms with Gasteiger partial charge in [-0.15, -0.1) is 0 Å². The molecular formula is C13H11F3N2O. The molecule has 0 saturated heterocycles. The summed E-state index contributed by atoms with van der Waals surface area (Å²) in [7, 11) is 0. The van der Waals surface area contributed by atoms with Crippen LogP contribution in [-0.4, -0.2) is 10.9 Å². The molecule has 2 N–H and O–H groups in total. The number of primary amides is 1. The molecule has 2 aromatic rings. The predicted octanol–water partition coefficient (Wildman–Crippen LogP) is 2.59. The van der Waals surface area contributed by atoms with Gasteiger partial charge in [0.05, 0.1) is 17.5 Å². The summed E-state index contributed by atoms with van der Waals surface area (Å²) in [6.07, 6.45) is -4.74. The van der Waals surface area contributed by atoms with Gasteiger partial charge >= 0.3 is 6.18 Å². The van der Waals surface area contributed by atoms with Crippen molar-refractivity contribution in [2.75, 3.05) is 0 Å². The molecular weight excluding hydrogens is 257 g/mol. The van der Waals surface area contributed by atoms with Crippen molar-refractivity contribution in [3.05, 3.63) is 41.1 Å². The summed E-state index contributed by atoms with van der Waals surface area (Å²) in [5.41, 5.74) is 5.30. The SMILES string of the molecule is Cc1cc(CC(N)=O)c2c(C(F)(F)F)cccc2n1. The van der Waals surface area contributed by atoms with E-state index >= 15 is 0 Å². The van der Waals surface area contributed by atoms with Gasteiger partial charge in [0.15, 0.2) is 0 Å². The highest BCUT2D eigenvalue weighted by Crippen LogP contribution is 2.36. The maximum atomic E-state index is 13.0. The minimum absolute atomic E-state index is 0.0561. The highest BCUT2D eigenvalue weighted by molar-refractivity contribution is 5.90. The molecule has 1 heterocycles. The fraction of sp³-hybridized carbons (Fsp3) is 0.231. The zero-order valence-electron chi connectivity index (χ0n) is 10.1. The summed E-state index contributed by atoms with van der Waals surface area (Å²) in [6, 6.07) is 5.22. The van der Waals surface area contributed by atoms with Crippen LogP contribution < -0.4 is 5.73 Å². The first-order chi connectivity index (χ1) is 8.79. The van der Waals surface area contributed by atoms with Crippen LogP contribution in [0.25, 0.3) is 10.9 Å². The van der Waals surface area contributed by atoms with Crippen LogP contribution in [0.2, 0.25) is 0 Å². The molecule has 0 bridgehead atoms. The number of carbonyl (C=O) groups is 1. The van der Waals surface area contributed by atoms with E-state index < -0.39 is 17.6 Å². The topological polar surface area (TPSA) is 56.0 Å². The Kier molecular flexibility index (Phi) is 3.18. The van der Waals surface area contributed by atoms with Crippen molar-refractivity contribution < 1.29 is 18.0 Å². The van der Waals surface area contributed by atoms with Gasteiger partial charge in [0, 0.05) is 11.1 Å². The molecule has 0 spiro atoms. The minimum atomic E-state index is -4.50. The average Bonchev–Trinajstić information content (AvgIpc) is 2.25. The number of hydrogen-bond donors (Lipinski definition) is 1. The van der Waals surface area contributed by atoms with Crippen molar-refractivity contribution in [2.24, 2.45) is 5.73 Å². The lowest BCUT2D eigenvalue weighted by Gasteiger charge is -2.13. The molecule has 0 aliphatic rings. The molecule has 0 unspecified atom stereocenters. The zero-order chi connectivity index (χ0) is 14.2. The van der Waals surface area contributed by atoms with Gasteiger partial charge in [-0.1, -0.05) is 6.07 Å². The molecule has 0 aliphatic heterocycles. The number of fused-ring (bicyclic) bond motifs is 1. The molecule has 1 amide bonds. The van der Waals surface area contributed by atoms with Gasteiger partial charge in [-0.05, 0) is 30.7 Å². The fourth-order valence-electron chi connectivity index (χ4n) is 2.08. The van der Waals surface area contributed by atoms with Crippen LogP contribution >= 0.6 is 0 Å². The summed E-state index contributed by atoms with van der Waals surface area (Å²) in [6.45, 7) is 1.66. The van der Waals surface area contributed by atoms with E-state index in [0.717, 1.165) is 6.07 Å². The van der Waals surface area contributed by atoms with Gasteiger partial charge < -0.3 is 5.73 Å². The highest BCUT2D eigenvalue weighted by atomic mass is 19.4. The normalized spacial score (nSPS) is 11.8. The third kappa shape index (κ3) is 2.67. The monoisotopic (exact) mass is 268 g/mol. The first-order valence-corrected chi connectivity index (χ1v) is 5.54. The molecule has 0 saturated carbocycles. The van der Waals surface area contributed by atoms with E-state index in [2.05, 4.69) is 4.98 Å². The summed E-state index contributed by atoms with van der Waals surface area (Å²) >= 11 is 0. The molecule has 0 aliphatic carbocycles. The van der Waals surface area contributed by atoms with Crippen LogP contribution in [0, 0.1) is 6.92 Å². The largest absolute Gasteiger partial charge is 0.417 e. The molecule has 6 heteroatoms. The smallest absolute Gasteiger partial charge is 0.369 e. The highest BCUT2D eigenvalue weighted by Gasteiger charge is 2.33. The van der Waals surface area contributed by atoms with Crippen molar-refractivity contribution in [2.45, 2.75) is 19.5 Å². The van der Waals surface area contributed by atoms with Gasteiger partial charge in [-0.3, -0.25) is 9.78 Å². The van der Waals surface area contributed by atoms with Crippen molar-refractivity contribution in [1.29, 1.82) is 0 Å². The Bertz CT molecular complexity index is 650. The number of hydrogen-bond acceptors (Lipinski definition) is 2. The van der Waals surface area contributed by atoms with Gasteiger partial charge in [0.1, 0.15) is 0 Å². The summed E-state index contributed by atoms with van der Waals surface area (Å²) in [5, 5.41) is -0.0561. The number of pyridine rings is 1. The molecule has 1 aromatic carbocycles. The van der Waals surface area contributed by atoms with E-state index in [9.17, 15) is 18.0 Å². The van der Waals surface area contributed by atoms with Crippen LogP contribution in [-0.2, 0) is 17.4 Å². The Hall–Kier alpha value is -2.11. The Morgan fingerprint density at radius 2 is 2.05 bits per heavy atom. The second-order valence-corrected chi connectivity index (χ2v) is 4.26. The molecule has 0 atom stereocenters. The maximum Gasteiger partial charge on any atom is 0.417 e. The number of aryl methyl sites for hydroxylation is 1. The van der Waals surface area contributed by atoms with E-state index in [1.807, 2.05) is 0 Å². The van der Waals surface area contributed by atoms with Crippen molar-refractivity contribution >= 4 is 16.8 Å². The number of nitrogens with zero attached hydrogens (tertiary/aromatic N) is 1. The van der Waals surface area contributed by atoms with Gasteiger partial charge in [0.2, 0.25) is 5.91 Å².